The summed E-state index contributed by atoms with van der Waals surface area (Å²) in [6.45, 7) is 8.47. The lowest BCUT2D eigenvalue weighted by molar-refractivity contribution is -0.115. The molecular weight excluding hydrogens is 440 g/mol. The maximum atomic E-state index is 12.5. The van der Waals surface area contributed by atoms with Gasteiger partial charge in [0.15, 0.2) is 16.1 Å². The highest BCUT2D eigenvalue weighted by molar-refractivity contribution is 7.98. The van der Waals surface area contributed by atoms with Crippen LogP contribution in [-0.2, 0) is 17.1 Å². The Morgan fingerprint density at radius 3 is 2.62 bits per heavy atom. The fraction of sp³-hybridized carbons (Fsp3) is 0.261. The Balaban J connectivity index is 1.54. The van der Waals surface area contributed by atoms with Gasteiger partial charge in [-0.25, -0.2) is 4.98 Å². The van der Waals surface area contributed by atoms with E-state index in [4.69, 9.17) is 4.98 Å². The third-order valence-electron chi connectivity index (χ3n) is 4.96. The average molecular weight is 465 g/mol. The lowest BCUT2D eigenvalue weighted by Crippen LogP contribution is -2.23. The molecule has 3 heterocycles. The number of amides is 1. The van der Waals surface area contributed by atoms with Crippen LogP contribution in [0, 0.1) is 13.8 Å². The maximum Gasteiger partial charge on any atom is 0.230 e. The van der Waals surface area contributed by atoms with Crippen molar-refractivity contribution in [2.75, 3.05) is 4.90 Å². The largest absolute Gasteiger partial charge is 0.302 e. The Bertz CT molecular complexity index is 1230. The molecule has 32 heavy (non-hydrogen) atoms. The van der Waals surface area contributed by atoms with E-state index in [1.54, 1.807) is 36.0 Å². The van der Waals surface area contributed by atoms with E-state index in [0.29, 0.717) is 10.9 Å². The molecule has 0 aliphatic heterocycles. The first-order valence-corrected chi connectivity index (χ1v) is 12.1. The molecule has 0 fully saturated rings. The van der Waals surface area contributed by atoms with Crippen LogP contribution in [0.15, 0.2) is 53.3 Å². The predicted molar refractivity (Wildman–Crippen MR) is 129 cm³/mol. The Morgan fingerprint density at radius 1 is 1.16 bits per heavy atom. The lowest BCUT2D eigenvalue weighted by atomic mass is 10.1. The van der Waals surface area contributed by atoms with Gasteiger partial charge in [0.05, 0.1) is 11.4 Å². The van der Waals surface area contributed by atoms with E-state index in [0.717, 1.165) is 45.6 Å². The minimum absolute atomic E-state index is 0.0572. The SMILES string of the molecule is CCn1c(SCc2csc(N(C(C)=O)c3ccc(C)cc3C)n2)nnc1-c1ccncc1. The number of hydrogen-bond acceptors (Lipinski definition) is 7. The fourth-order valence-electron chi connectivity index (χ4n) is 3.46. The number of pyridine rings is 1. The first-order chi connectivity index (χ1) is 15.5. The highest BCUT2D eigenvalue weighted by atomic mass is 32.2. The van der Waals surface area contributed by atoms with Gasteiger partial charge >= 0.3 is 0 Å². The van der Waals surface area contributed by atoms with E-state index in [2.05, 4.69) is 32.7 Å². The second-order valence-electron chi connectivity index (χ2n) is 7.34. The number of aryl methyl sites for hydroxylation is 2. The molecule has 4 aromatic rings. The predicted octanol–water partition coefficient (Wildman–Crippen LogP) is 5.41. The first kappa shape index (κ1) is 22.2. The van der Waals surface area contributed by atoms with Crippen LogP contribution >= 0.6 is 23.1 Å². The van der Waals surface area contributed by atoms with Crippen LogP contribution < -0.4 is 4.90 Å². The van der Waals surface area contributed by atoms with Gasteiger partial charge < -0.3 is 4.57 Å². The third-order valence-corrected chi connectivity index (χ3v) is 6.83. The number of nitrogens with zero attached hydrogens (tertiary/aromatic N) is 6. The van der Waals surface area contributed by atoms with Gasteiger partial charge in [0.25, 0.3) is 0 Å². The van der Waals surface area contributed by atoms with Gasteiger partial charge in [-0.2, -0.15) is 0 Å². The number of thioether (sulfide) groups is 1. The van der Waals surface area contributed by atoms with Gasteiger partial charge in [-0.15, -0.1) is 21.5 Å². The van der Waals surface area contributed by atoms with Gasteiger partial charge in [-0.1, -0.05) is 29.5 Å². The van der Waals surface area contributed by atoms with Crippen LogP contribution in [0.4, 0.5) is 10.8 Å². The Morgan fingerprint density at radius 2 is 1.94 bits per heavy atom. The molecule has 0 aliphatic carbocycles. The van der Waals surface area contributed by atoms with Crippen LogP contribution in [0.25, 0.3) is 11.4 Å². The number of benzene rings is 1. The molecule has 4 rings (SSSR count). The van der Waals surface area contributed by atoms with Gasteiger partial charge in [0.2, 0.25) is 5.91 Å². The van der Waals surface area contributed by atoms with Crippen molar-refractivity contribution in [2.24, 2.45) is 0 Å². The van der Waals surface area contributed by atoms with Gasteiger partial charge in [-0.3, -0.25) is 14.7 Å². The van der Waals surface area contributed by atoms with E-state index in [1.165, 1.54) is 11.3 Å². The van der Waals surface area contributed by atoms with E-state index in [9.17, 15) is 4.79 Å². The van der Waals surface area contributed by atoms with Crippen LogP contribution in [0.2, 0.25) is 0 Å². The van der Waals surface area contributed by atoms with Gasteiger partial charge in [-0.05, 0) is 44.5 Å². The summed E-state index contributed by atoms with van der Waals surface area (Å²) in [6.07, 6.45) is 3.51. The summed E-state index contributed by atoms with van der Waals surface area (Å²) in [7, 11) is 0. The van der Waals surface area contributed by atoms with Crippen LogP contribution in [0.5, 0.6) is 0 Å². The highest BCUT2D eigenvalue weighted by Crippen LogP contribution is 2.33. The van der Waals surface area contributed by atoms with Crippen molar-refractivity contribution in [3.8, 4) is 11.4 Å². The Hall–Kier alpha value is -3.04. The van der Waals surface area contributed by atoms with Crippen molar-refractivity contribution in [1.82, 2.24) is 24.7 Å². The lowest BCUT2D eigenvalue weighted by Gasteiger charge is -2.20. The molecule has 9 heteroatoms. The molecule has 1 amide bonds. The van der Waals surface area contributed by atoms with Crippen molar-refractivity contribution in [3.05, 3.63) is 64.9 Å². The monoisotopic (exact) mass is 464 g/mol. The summed E-state index contributed by atoms with van der Waals surface area (Å²) < 4.78 is 2.09. The summed E-state index contributed by atoms with van der Waals surface area (Å²) in [4.78, 5) is 23.0. The number of carbonyl (C=O) groups is 1. The van der Waals surface area contributed by atoms with Crippen LogP contribution in [0.3, 0.4) is 0 Å². The van der Waals surface area contributed by atoms with Gasteiger partial charge in [0, 0.05) is 42.6 Å². The molecule has 0 bridgehead atoms. The summed E-state index contributed by atoms with van der Waals surface area (Å²) in [6, 6.07) is 9.93. The van der Waals surface area contributed by atoms with Crippen LogP contribution in [0.1, 0.15) is 30.7 Å². The molecule has 0 aliphatic rings. The molecule has 7 nitrogen and oxygen atoms in total. The normalized spacial score (nSPS) is 11.0. The molecule has 0 saturated carbocycles. The van der Waals surface area contributed by atoms with Crippen LogP contribution in [-0.4, -0.2) is 30.6 Å². The molecule has 0 atom stereocenters. The zero-order valence-electron chi connectivity index (χ0n) is 18.4. The van der Waals surface area contributed by atoms with Crippen molar-refractivity contribution < 1.29 is 4.79 Å². The molecule has 164 valence electrons. The van der Waals surface area contributed by atoms with E-state index < -0.39 is 0 Å². The van der Waals surface area contributed by atoms with Crippen molar-refractivity contribution in [1.29, 1.82) is 0 Å². The molecule has 0 radical (unpaired) electrons. The van der Waals surface area contributed by atoms with Gasteiger partial charge in [0.1, 0.15) is 0 Å². The number of carbonyl (C=O) groups excluding carboxylic acids is 1. The molecule has 3 aromatic heterocycles. The molecular formula is C23H24N6OS2. The number of anilines is 2. The van der Waals surface area contributed by atoms with E-state index in [1.807, 2.05) is 43.5 Å². The van der Waals surface area contributed by atoms with Crippen molar-refractivity contribution in [2.45, 2.75) is 45.1 Å². The zero-order chi connectivity index (χ0) is 22.7. The fourth-order valence-corrected chi connectivity index (χ4v) is 5.34. The summed E-state index contributed by atoms with van der Waals surface area (Å²) >= 11 is 3.06. The maximum absolute atomic E-state index is 12.5. The number of aromatic nitrogens is 5. The molecule has 0 N–H and O–H groups in total. The smallest absolute Gasteiger partial charge is 0.230 e. The molecule has 0 saturated heterocycles. The summed E-state index contributed by atoms with van der Waals surface area (Å²) in [5, 5.41) is 12.3. The summed E-state index contributed by atoms with van der Waals surface area (Å²) in [5.41, 5.74) is 4.97. The Kier molecular flexibility index (Phi) is 6.66. The average Bonchev–Trinajstić information content (AvgIpc) is 3.41. The summed E-state index contributed by atoms with van der Waals surface area (Å²) in [5.74, 6) is 1.41. The first-order valence-electron chi connectivity index (χ1n) is 10.3. The minimum atomic E-state index is -0.0572. The van der Waals surface area contributed by atoms with E-state index in [-0.39, 0.29) is 5.91 Å². The second kappa shape index (κ2) is 9.62. The van der Waals surface area contributed by atoms with Crippen molar-refractivity contribution >= 4 is 39.8 Å². The standard InChI is InChI=1S/C23H24N6OS2/c1-5-28-21(18-8-10-24-11-9-18)26-27-23(28)32-14-19-13-31-22(25-19)29(17(4)30)20-7-6-15(2)12-16(20)3/h6-13H,5,14H2,1-4H3. The topological polar surface area (TPSA) is 76.8 Å². The zero-order valence-corrected chi connectivity index (χ0v) is 20.1. The van der Waals surface area contributed by atoms with E-state index >= 15 is 0 Å². The molecule has 0 spiro atoms. The molecule has 1 aromatic carbocycles. The minimum Gasteiger partial charge on any atom is -0.302 e. The second-order valence-corrected chi connectivity index (χ2v) is 9.12. The Labute approximate surface area is 195 Å². The quantitative estimate of drug-likeness (QED) is 0.340. The number of thiazole rings is 1. The highest BCUT2D eigenvalue weighted by Gasteiger charge is 2.20. The molecule has 0 unspecified atom stereocenters. The third kappa shape index (κ3) is 4.58. The number of hydrogen-bond donors (Lipinski definition) is 0. The number of rotatable bonds is 7. The van der Waals surface area contributed by atoms with Crippen molar-refractivity contribution in [3.63, 3.8) is 0 Å².